The minimum Gasteiger partial charge on any atom is -0.304 e. The number of alkyl halides is 3. The van der Waals surface area contributed by atoms with Crippen LogP contribution < -0.4 is 0 Å². The third-order valence-electron chi connectivity index (χ3n) is 1.60. The molecule has 1 heterocycles. The van der Waals surface area contributed by atoms with Crippen LogP contribution in [0.15, 0.2) is 0 Å². The van der Waals surface area contributed by atoms with Gasteiger partial charge in [-0.3, -0.25) is 0 Å². The zero-order valence-electron chi connectivity index (χ0n) is 5.39. The Labute approximate surface area is 60.4 Å². The Kier molecular flexibility index (Phi) is 1.69. The maximum absolute atomic E-state index is 11.7. The van der Waals surface area contributed by atoms with Crippen LogP contribution in [-0.4, -0.2) is 30.3 Å². The third-order valence-corrected chi connectivity index (χ3v) is 1.60. The molecule has 1 saturated heterocycles. The van der Waals surface area contributed by atoms with E-state index < -0.39 is 31.3 Å². The van der Waals surface area contributed by atoms with Crippen LogP contribution in [0.4, 0.5) is 18.0 Å². The summed E-state index contributed by atoms with van der Waals surface area (Å²) in [5, 5.41) is 9.90. The van der Waals surface area contributed by atoms with Gasteiger partial charge in [0.2, 0.25) is 0 Å². The average Bonchev–Trinajstić information content (AvgIpc) is 1.51. The Bertz CT molecular complexity index is 173. The van der Waals surface area contributed by atoms with Gasteiger partial charge >= 0.3 is 12.3 Å². The number of rotatable bonds is 0. The fourth-order valence-electron chi connectivity index (χ4n) is 0.835. The van der Waals surface area contributed by atoms with E-state index in [4.69, 9.17) is 0 Å². The predicted molar refractivity (Wildman–Crippen MR) is 27.2 cm³/mol. The third kappa shape index (κ3) is 1.55. The largest absolute Gasteiger partial charge is 0.453 e. The molecule has 0 bridgehead atoms. The van der Waals surface area contributed by atoms with Crippen molar-refractivity contribution in [1.82, 2.24) is 4.90 Å². The zero-order valence-corrected chi connectivity index (χ0v) is 5.39. The van der Waals surface area contributed by atoms with E-state index in [0.29, 0.717) is 4.90 Å². The van der Waals surface area contributed by atoms with Crippen LogP contribution in [0, 0.1) is 5.92 Å². The molecular formula is C5H5F3NO2. The van der Waals surface area contributed by atoms with E-state index in [1.54, 1.807) is 0 Å². The van der Waals surface area contributed by atoms with Crippen molar-refractivity contribution in [3.8, 4) is 0 Å². The summed E-state index contributed by atoms with van der Waals surface area (Å²) >= 11 is 0. The Morgan fingerprint density at radius 2 is 1.82 bits per heavy atom. The number of carbonyl (C=O) groups is 1. The van der Waals surface area contributed by atoms with Gasteiger partial charge in [-0.05, 0) is 0 Å². The molecule has 0 unspecified atom stereocenters. The summed E-state index contributed by atoms with van der Waals surface area (Å²) < 4.78 is 35.1. The smallest absolute Gasteiger partial charge is 0.304 e. The molecule has 1 aliphatic rings. The maximum Gasteiger partial charge on any atom is 0.453 e. The quantitative estimate of drug-likeness (QED) is 0.532. The molecule has 0 aromatic rings. The van der Waals surface area contributed by atoms with Gasteiger partial charge in [-0.2, -0.15) is 13.2 Å². The molecule has 1 rings (SSSR count). The van der Waals surface area contributed by atoms with E-state index in [1.807, 2.05) is 0 Å². The molecule has 0 saturated carbocycles. The highest BCUT2D eigenvalue weighted by Gasteiger charge is 2.48. The summed E-state index contributed by atoms with van der Waals surface area (Å²) in [5.41, 5.74) is 0. The molecule has 0 aromatic heterocycles. The molecule has 1 radical (unpaired) electrons. The van der Waals surface area contributed by atoms with Crippen molar-refractivity contribution in [2.24, 2.45) is 5.92 Å². The van der Waals surface area contributed by atoms with Gasteiger partial charge < -0.3 is 4.90 Å². The molecular weight excluding hydrogens is 163 g/mol. The highest BCUT2D eigenvalue weighted by atomic mass is 19.4. The van der Waals surface area contributed by atoms with Crippen LogP contribution in [0.3, 0.4) is 0 Å². The van der Waals surface area contributed by atoms with Crippen molar-refractivity contribution < 1.29 is 23.1 Å². The van der Waals surface area contributed by atoms with Crippen molar-refractivity contribution in [3.05, 3.63) is 0 Å². The molecule has 1 fully saturated rings. The summed E-state index contributed by atoms with van der Waals surface area (Å²) in [6.45, 7) is -0.961. The molecule has 1 amide bonds. The van der Waals surface area contributed by atoms with Crippen LogP contribution >= 0.6 is 0 Å². The molecule has 1 aliphatic heterocycles. The molecule has 0 aliphatic carbocycles. The Hall–Kier alpha value is -0.940. The van der Waals surface area contributed by atoms with Gasteiger partial charge in [0, 0.05) is 13.1 Å². The normalized spacial score (nSPS) is 19.7. The second-order valence-electron chi connectivity index (χ2n) is 2.41. The molecule has 6 heteroatoms. The molecule has 3 nitrogen and oxygen atoms in total. The number of hydrogen-bond acceptors (Lipinski definition) is 1. The molecule has 0 aromatic carbocycles. The van der Waals surface area contributed by atoms with Crippen molar-refractivity contribution in [2.45, 2.75) is 6.18 Å². The van der Waals surface area contributed by atoms with E-state index in [0.717, 1.165) is 0 Å². The van der Waals surface area contributed by atoms with E-state index in [2.05, 4.69) is 0 Å². The molecule has 0 atom stereocenters. The van der Waals surface area contributed by atoms with E-state index in [-0.39, 0.29) is 0 Å². The fourth-order valence-corrected chi connectivity index (χ4v) is 0.835. The lowest BCUT2D eigenvalue weighted by Crippen LogP contribution is -2.54. The minimum atomic E-state index is -4.27. The highest BCUT2D eigenvalue weighted by Crippen LogP contribution is 2.33. The van der Waals surface area contributed by atoms with Gasteiger partial charge in [0.25, 0.3) is 0 Å². The van der Waals surface area contributed by atoms with Gasteiger partial charge in [-0.15, -0.1) is 0 Å². The van der Waals surface area contributed by atoms with Crippen LogP contribution in [-0.2, 0) is 5.11 Å². The zero-order chi connectivity index (χ0) is 8.65. The van der Waals surface area contributed by atoms with Crippen LogP contribution in [0.2, 0.25) is 0 Å². The number of carbonyl (C=O) groups excluding carboxylic acids is 1. The first-order valence-electron chi connectivity index (χ1n) is 2.94. The SMILES string of the molecule is [O]C(=O)N1CC(C(F)(F)F)C1. The fraction of sp³-hybridized carbons (Fsp3) is 0.800. The Morgan fingerprint density at radius 1 is 1.36 bits per heavy atom. The average molecular weight is 168 g/mol. The topological polar surface area (TPSA) is 40.2 Å². The lowest BCUT2D eigenvalue weighted by molar-refractivity contribution is -0.204. The molecule has 0 spiro atoms. The van der Waals surface area contributed by atoms with Crippen molar-refractivity contribution in [2.75, 3.05) is 13.1 Å². The Morgan fingerprint density at radius 3 is 2.09 bits per heavy atom. The number of hydrogen-bond donors (Lipinski definition) is 0. The summed E-state index contributed by atoms with van der Waals surface area (Å²) in [4.78, 5) is 10.5. The lowest BCUT2D eigenvalue weighted by Gasteiger charge is -2.37. The first-order chi connectivity index (χ1) is 4.91. The predicted octanol–water partition coefficient (Wildman–Crippen LogP) is 1.03. The highest BCUT2D eigenvalue weighted by molar-refractivity contribution is 5.65. The summed E-state index contributed by atoms with van der Waals surface area (Å²) in [6.07, 6.45) is -5.81. The Balaban J connectivity index is 2.35. The van der Waals surface area contributed by atoms with Gasteiger partial charge in [0.05, 0.1) is 5.92 Å². The summed E-state index contributed by atoms with van der Waals surface area (Å²) in [6, 6.07) is 0. The van der Waals surface area contributed by atoms with Crippen LogP contribution in [0.1, 0.15) is 0 Å². The molecule has 0 N–H and O–H groups in total. The first-order valence-corrected chi connectivity index (χ1v) is 2.94. The molecule has 63 valence electrons. The van der Waals surface area contributed by atoms with E-state index >= 15 is 0 Å². The van der Waals surface area contributed by atoms with Gasteiger partial charge in [0.15, 0.2) is 0 Å². The second-order valence-corrected chi connectivity index (χ2v) is 2.41. The summed E-state index contributed by atoms with van der Waals surface area (Å²) in [5.74, 6) is -1.50. The lowest BCUT2D eigenvalue weighted by atomic mass is 10.0. The van der Waals surface area contributed by atoms with Gasteiger partial charge in [-0.25, -0.2) is 9.90 Å². The molecule has 11 heavy (non-hydrogen) atoms. The van der Waals surface area contributed by atoms with Crippen LogP contribution in [0.5, 0.6) is 0 Å². The number of likely N-dealkylation sites (tertiary alicyclic amines) is 1. The van der Waals surface area contributed by atoms with E-state index in [9.17, 15) is 23.1 Å². The van der Waals surface area contributed by atoms with Gasteiger partial charge in [0.1, 0.15) is 0 Å². The second kappa shape index (κ2) is 2.28. The van der Waals surface area contributed by atoms with E-state index in [1.165, 1.54) is 0 Å². The van der Waals surface area contributed by atoms with Crippen LogP contribution in [0.25, 0.3) is 0 Å². The van der Waals surface area contributed by atoms with Crippen molar-refractivity contribution >= 4 is 6.09 Å². The monoisotopic (exact) mass is 168 g/mol. The van der Waals surface area contributed by atoms with Crippen molar-refractivity contribution in [1.29, 1.82) is 0 Å². The van der Waals surface area contributed by atoms with Crippen molar-refractivity contribution in [3.63, 3.8) is 0 Å². The van der Waals surface area contributed by atoms with Gasteiger partial charge in [-0.1, -0.05) is 0 Å². The number of amides is 1. The minimum absolute atomic E-state index is 0.480. The first kappa shape index (κ1) is 8.16. The number of halogens is 3. The maximum atomic E-state index is 11.7. The summed E-state index contributed by atoms with van der Waals surface area (Å²) in [7, 11) is 0. The standard InChI is InChI=1S/C5H5F3NO2/c6-5(7,8)3-1-9(2-3)4(10)11/h3H,1-2H2. The number of nitrogens with zero attached hydrogens (tertiary/aromatic N) is 1.